The quantitative estimate of drug-likeness (QED) is 0.504. The summed E-state index contributed by atoms with van der Waals surface area (Å²) in [5.74, 6) is 0. The Kier molecular flexibility index (Phi) is 18.4. The summed E-state index contributed by atoms with van der Waals surface area (Å²) < 4.78 is 0. The summed E-state index contributed by atoms with van der Waals surface area (Å²) in [6.07, 6.45) is 20.8. The van der Waals surface area contributed by atoms with E-state index in [2.05, 4.69) is 54.4 Å². The summed E-state index contributed by atoms with van der Waals surface area (Å²) >= 11 is 0. The highest BCUT2D eigenvalue weighted by molar-refractivity contribution is 5.84. The van der Waals surface area contributed by atoms with E-state index in [1.165, 1.54) is 5.57 Å². The van der Waals surface area contributed by atoms with Crippen molar-refractivity contribution in [2.24, 2.45) is 0 Å². The normalized spacial score (nSPS) is 12.3. The molecule has 1 aromatic heterocycles. The summed E-state index contributed by atoms with van der Waals surface area (Å²) in [6.45, 7) is 16.4. The molecule has 0 fully saturated rings. The third-order valence-electron chi connectivity index (χ3n) is 3.09. The van der Waals surface area contributed by atoms with E-state index in [0.717, 1.165) is 29.7 Å². The molecule has 0 saturated heterocycles. The first-order valence-electron chi connectivity index (χ1n) is 9.64. The number of hydrogen-bond donors (Lipinski definition) is 1. The van der Waals surface area contributed by atoms with Gasteiger partial charge in [0.1, 0.15) is 0 Å². The van der Waals surface area contributed by atoms with Crippen LogP contribution in [0.4, 0.5) is 0 Å². The van der Waals surface area contributed by atoms with Gasteiger partial charge >= 0.3 is 0 Å². The fourth-order valence-corrected chi connectivity index (χ4v) is 2.05. The standard InChI is InChI=1S/C19H26N2.2C2H6/c1-5-9-11-14-16(8-4)19-18(15-20-21-19)17(12-7-3)13-10-6-2;2*1-2/h5,8-15H,6-7H2,1-4H3,(H,20,21);2*1-2H3/b9-5-,13-10-,14-11-,16-8+,17-12+;;. The number of hydrogen-bond acceptors (Lipinski definition) is 1. The average Bonchev–Trinajstić information content (AvgIpc) is 3.15. The molecular formula is C23H38N2. The van der Waals surface area contributed by atoms with Crippen molar-refractivity contribution in [2.45, 2.75) is 68.2 Å². The molecule has 0 saturated carbocycles. The minimum absolute atomic E-state index is 1.01. The number of nitrogens with one attached hydrogen (secondary N) is 1. The van der Waals surface area contributed by atoms with Gasteiger partial charge in [-0.25, -0.2) is 0 Å². The van der Waals surface area contributed by atoms with Crippen molar-refractivity contribution in [2.75, 3.05) is 0 Å². The second-order valence-corrected chi connectivity index (χ2v) is 4.67. The van der Waals surface area contributed by atoms with Crippen LogP contribution >= 0.6 is 0 Å². The fraction of sp³-hybridized carbons (Fsp3) is 0.435. The molecular weight excluding hydrogens is 304 g/mol. The SMILES string of the molecule is CC.CC.C\C=C/C=C\C(=C/C)c1[nH]ncc1C(/C=C\CC)=C/CC. The molecule has 1 heterocycles. The Morgan fingerprint density at radius 1 is 0.960 bits per heavy atom. The van der Waals surface area contributed by atoms with Crippen molar-refractivity contribution in [3.05, 3.63) is 66.1 Å². The average molecular weight is 343 g/mol. The van der Waals surface area contributed by atoms with Crippen LogP contribution in [0.1, 0.15) is 79.5 Å². The van der Waals surface area contributed by atoms with E-state index >= 15 is 0 Å². The number of allylic oxidation sites excluding steroid dienone is 10. The lowest BCUT2D eigenvalue weighted by molar-refractivity contribution is 1.07. The van der Waals surface area contributed by atoms with Gasteiger partial charge in [-0.05, 0) is 37.8 Å². The van der Waals surface area contributed by atoms with Gasteiger partial charge in [-0.15, -0.1) is 0 Å². The lowest BCUT2D eigenvalue weighted by atomic mass is 10.00. The molecule has 0 atom stereocenters. The molecule has 1 N–H and O–H groups in total. The zero-order chi connectivity index (χ0) is 19.5. The molecule has 25 heavy (non-hydrogen) atoms. The molecule has 0 aliphatic rings. The highest BCUT2D eigenvalue weighted by Gasteiger charge is 2.10. The second-order valence-electron chi connectivity index (χ2n) is 4.67. The van der Waals surface area contributed by atoms with Crippen LogP contribution in [-0.2, 0) is 0 Å². The first kappa shape index (κ1) is 25.2. The molecule has 1 rings (SSSR count). The Bertz CT molecular complexity index is 567. The third kappa shape index (κ3) is 9.71. The molecule has 140 valence electrons. The molecule has 0 spiro atoms. The monoisotopic (exact) mass is 342 g/mol. The zero-order valence-corrected chi connectivity index (χ0v) is 17.6. The predicted molar refractivity (Wildman–Crippen MR) is 117 cm³/mol. The zero-order valence-electron chi connectivity index (χ0n) is 17.6. The van der Waals surface area contributed by atoms with E-state index in [0.29, 0.717) is 0 Å². The van der Waals surface area contributed by atoms with Crippen LogP contribution in [0.5, 0.6) is 0 Å². The van der Waals surface area contributed by atoms with Crippen molar-refractivity contribution in [3.63, 3.8) is 0 Å². The highest BCUT2D eigenvalue weighted by atomic mass is 15.1. The molecule has 0 aromatic carbocycles. The van der Waals surface area contributed by atoms with Gasteiger partial charge in [0.05, 0.1) is 11.9 Å². The molecule has 1 aromatic rings. The van der Waals surface area contributed by atoms with Crippen molar-refractivity contribution < 1.29 is 0 Å². The third-order valence-corrected chi connectivity index (χ3v) is 3.09. The van der Waals surface area contributed by atoms with E-state index in [4.69, 9.17) is 0 Å². The van der Waals surface area contributed by atoms with Crippen molar-refractivity contribution in [1.82, 2.24) is 10.2 Å². The Labute approximate surface area is 156 Å². The fourth-order valence-electron chi connectivity index (χ4n) is 2.05. The Morgan fingerprint density at radius 2 is 1.64 bits per heavy atom. The smallest absolute Gasteiger partial charge is 0.0725 e. The maximum Gasteiger partial charge on any atom is 0.0725 e. The van der Waals surface area contributed by atoms with E-state index in [9.17, 15) is 0 Å². The number of rotatable bonds is 7. The summed E-state index contributed by atoms with van der Waals surface area (Å²) in [7, 11) is 0. The van der Waals surface area contributed by atoms with Crippen molar-refractivity contribution >= 4 is 11.1 Å². The Hall–Kier alpha value is -2.09. The molecule has 0 bridgehead atoms. The predicted octanol–water partition coefficient (Wildman–Crippen LogP) is 7.76. The topological polar surface area (TPSA) is 28.7 Å². The summed E-state index contributed by atoms with van der Waals surface area (Å²) in [5.41, 5.74) is 4.59. The number of H-pyrrole nitrogens is 1. The number of aromatic amines is 1. The van der Waals surface area contributed by atoms with Gasteiger partial charge in [0.25, 0.3) is 0 Å². The van der Waals surface area contributed by atoms with Crippen molar-refractivity contribution in [3.8, 4) is 0 Å². The molecule has 2 nitrogen and oxygen atoms in total. The van der Waals surface area contributed by atoms with Crippen LogP contribution in [0.2, 0.25) is 0 Å². The molecule has 0 aliphatic carbocycles. The van der Waals surface area contributed by atoms with Crippen LogP contribution in [0, 0.1) is 0 Å². The largest absolute Gasteiger partial charge is 0.277 e. The van der Waals surface area contributed by atoms with Crippen molar-refractivity contribution in [1.29, 1.82) is 0 Å². The minimum atomic E-state index is 1.01. The number of nitrogens with zero attached hydrogens (tertiary/aromatic N) is 1. The van der Waals surface area contributed by atoms with Gasteiger partial charge in [-0.1, -0.05) is 90.2 Å². The van der Waals surface area contributed by atoms with Gasteiger partial charge in [-0.3, -0.25) is 5.10 Å². The summed E-state index contributed by atoms with van der Waals surface area (Å²) in [6, 6.07) is 0. The maximum atomic E-state index is 4.24. The Morgan fingerprint density at radius 3 is 2.16 bits per heavy atom. The lowest BCUT2D eigenvalue weighted by Gasteiger charge is -2.05. The summed E-state index contributed by atoms with van der Waals surface area (Å²) in [4.78, 5) is 0. The first-order chi connectivity index (χ1) is 12.3. The van der Waals surface area contributed by atoms with Gasteiger partial charge in [0.2, 0.25) is 0 Å². The van der Waals surface area contributed by atoms with E-state index in [1.807, 2.05) is 66.0 Å². The van der Waals surface area contributed by atoms with Gasteiger partial charge in [-0.2, -0.15) is 5.10 Å². The molecule has 0 radical (unpaired) electrons. The molecule has 0 aliphatic heterocycles. The van der Waals surface area contributed by atoms with Crippen LogP contribution in [0.3, 0.4) is 0 Å². The minimum Gasteiger partial charge on any atom is -0.277 e. The van der Waals surface area contributed by atoms with E-state index in [1.54, 1.807) is 0 Å². The van der Waals surface area contributed by atoms with Gasteiger partial charge in [0.15, 0.2) is 0 Å². The van der Waals surface area contributed by atoms with Gasteiger partial charge in [0, 0.05) is 5.56 Å². The number of aromatic nitrogens is 2. The first-order valence-corrected chi connectivity index (χ1v) is 9.64. The highest BCUT2D eigenvalue weighted by Crippen LogP contribution is 2.26. The van der Waals surface area contributed by atoms with Crippen LogP contribution in [-0.4, -0.2) is 10.2 Å². The second kappa shape index (κ2) is 18.3. The van der Waals surface area contributed by atoms with E-state index < -0.39 is 0 Å². The lowest BCUT2D eigenvalue weighted by Crippen LogP contribution is -1.89. The molecule has 0 unspecified atom stereocenters. The Balaban J connectivity index is 0. The van der Waals surface area contributed by atoms with Crippen LogP contribution in [0.15, 0.2) is 54.8 Å². The van der Waals surface area contributed by atoms with Gasteiger partial charge < -0.3 is 0 Å². The summed E-state index contributed by atoms with van der Waals surface area (Å²) in [5, 5.41) is 7.37. The maximum absolute atomic E-state index is 4.24. The molecule has 2 heteroatoms. The molecule has 0 amide bonds. The van der Waals surface area contributed by atoms with E-state index in [-0.39, 0.29) is 0 Å². The van der Waals surface area contributed by atoms with Crippen LogP contribution in [0.25, 0.3) is 11.1 Å². The van der Waals surface area contributed by atoms with Crippen LogP contribution < -0.4 is 0 Å².